The molecule has 3 aromatic rings. The molecule has 0 N–H and O–H groups in total. The van der Waals surface area contributed by atoms with Crippen LogP contribution < -0.4 is 4.80 Å². The SMILES string of the molecule is CCOC(=O)Cn1c(=NC(=O)c2cccc(C)c2)sc2cc(C)cc(C)c21. The number of rotatable bonds is 4. The van der Waals surface area contributed by atoms with Gasteiger partial charge in [0.2, 0.25) is 0 Å². The highest BCUT2D eigenvalue weighted by atomic mass is 32.1. The largest absolute Gasteiger partial charge is 0.465 e. The number of aromatic nitrogens is 1. The lowest BCUT2D eigenvalue weighted by Gasteiger charge is -2.07. The molecule has 27 heavy (non-hydrogen) atoms. The third-order valence-corrected chi connectivity index (χ3v) is 5.19. The standard InChI is InChI=1S/C21H22N2O3S/c1-5-26-18(24)12-23-19-15(4)9-14(3)11-17(19)27-21(23)22-20(25)16-8-6-7-13(2)10-16/h6-11H,5,12H2,1-4H3. The van der Waals surface area contributed by atoms with Crippen LogP contribution in [0, 0.1) is 20.8 Å². The number of amides is 1. The van der Waals surface area contributed by atoms with Crippen LogP contribution in [0.4, 0.5) is 0 Å². The molecule has 0 spiro atoms. The highest BCUT2D eigenvalue weighted by Gasteiger charge is 2.15. The normalized spacial score (nSPS) is 11.8. The van der Waals surface area contributed by atoms with Crippen molar-refractivity contribution in [1.29, 1.82) is 0 Å². The number of aryl methyl sites for hydroxylation is 3. The Balaban J connectivity index is 2.17. The molecule has 1 aromatic heterocycles. The lowest BCUT2D eigenvalue weighted by molar-refractivity contribution is -0.143. The van der Waals surface area contributed by atoms with E-state index < -0.39 is 0 Å². The van der Waals surface area contributed by atoms with Gasteiger partial charge in [0, 0.05) is 5.56 Å². The molecule has 1 amide bonds. The first-order chi connectivity index (χ1) is 12.9. The third-order valence-electron chi connectivity index (χ3n) is 4.17. The molecule has 3 rings (SSSR count). The third kappa shape index (κ3) is 4.17. The number of nitrogens with zero attached hydrogens (tertiary/aromatic N) is 2. The quantitative estimate of drug-likeness (QED) is 0.642. The summed E-state index contributed by atoms with van der Waals surface area (Å²) in [6.07, 6.45) is 0. The van der Waals surface area contributed by atoms with Gasteiger partial charge in [-0.05, 0) is 57.0 Å². The molecule has 0 bridgehead atoms. The number of thiazole rings is 1. The van der Waals surface area contributed by atoms with E-state index >= 15 is 0 Å². The molecule has 140 valence electrons. The second-order valence-corrected chi connectivity index (χ2v) is 7.50. The summed E-state index contributed by atoms with van der Waals surface area (Å²) in [4.78, 5) is 29.6. The van der Waals surface area contributed by atoms with Gasteiger partial charge in [0.15, 0.2) is 4.80 Å². The number of hydrogen-bond donors (Lipinski definition) is 0. The van der Waals surface area contributed by atoms with E-state index in [9.17, 15) is 9.59 Å². The number of fused-ring (bicyclic) bond motifs is 1. The summed E-state index contributed by atoms with van der Waals surface area (Å²) in [5.41, 5.74) is 4.60. The lowest BCUT2D eigenvalue weighted by atomic mass is 10.1. The molecule has 1 heterocycles. The molecule has 0 saturated carbocycles. The van der Waals surface area contributed by atoms with Crippen molar-refractivity contribution >= 4 is 33.4 Å². The van der Waals surface area contributed by atoms with Crippen molar-refractivity contribution in [2.24, 2.45) is 4.99 Å². The minimum atomic E-state index is -0.346. The Morgan fingerprint density at radius 2 is 1.89 bits per heavy atom. The van der Waals surface area contributed by atoms with E-state index in [2.05, 4.69) is 11.1 Å². The van der Waals surface area contributed by atoms with Gasteiger partial charge in [-0.2, -0.15) is 4.99 Å². The molecular weight excluding hydrogens is 360 g/mol. The molecule has 0 aliphatic carbocycles. The van der Waals surface area contributed by atoms with E-state index in [4.69, 9.17) is 4.74 Å². The Morgan fingerprint density at radius 3 is 2.59 bits per heavy atom. The monoisotopic (exact) mass is 382 g/mol. The Labute approximate surface area is 161 Å². The molecule has 0 fully saturated rings. The van der Waals surface area contributed by atoms with E-state index in [0.29, 0.717) is 17.0 Å². The summed E-state index contributed by atoms with van der Waals surface area (Å²) in [5.74, 6) is -0.668. The predicted molar refractivity (Wildman–Crippen MR) is 107 cm³/mol. The van der Waals surface area contributed by atoms with Crippen LogP contribution in [-0.4, -0.2) is 23.1 Å². The zero-order valence-electron chi connectivity index (χ0n) is 15.9. The van der Waals surface area contributed by atoms with Crippen LogP contribution in [-0.2, 0) is 16.1 Å². The van der Waals surface area contributed by atoms with Crippen LogP contribution >= 0.6 is 11.3 Å². The second kappa shape index (κ2) is 7.88. The smallest absolute Gasteiger partial charge is 0.326 e. The topological polar surface area (TPSA) is 60.7 Å². The van der Waals surface area contributed by atoms with Gasteiger partial charge < -0.3 is 9.30 Å². The number of ether oxygens (including phenoxy) is 1. The van der Waals surface area contributed by atoms with Crippen LogP contribution in [0.15, 0.2) is 41.4 Å². The fourth-order valence-corrected chi connectivity index (χ4v) is 4.29. The van der Waals surface area contributed by atoms with Crippen molar-refractivity contribution in [3.8, 4) is 0 Å². The molecule has 0 saturated heterocycles. The van der Waals surface area contributed by atoms with E-state index in [0.717, 1.165) is 26.9 Å². The van der Waals surface area contributed by atoms with Gasteiger partial charge in [-0.15, -0.1) is 0 Å². The maximum atomic E-state index is 12.7. The average molecular weight is 382 g/mol. The summed E-state index contributed by atoms with van der Waals surface area (Å²) >= 11 is 1.41. The van der Waals surface area contributed by atoms with Gasteiger partial charge in [0.25, 0.3) is 5.91 Å². The predicted octanol–water partition coefficient (Wildman–Crippen LogP) is 3.93. The molecule has 0 aliphatic heterocycles. The van der Waals surface area contributed by atoms with Gasteiger partial charge in [-0.1, -0.05) is 35.1 Å². The first-order valence-electron chi connectivity index (χ1n) is 8.81. The summed E-state index contributed by atoms with van der Waals surface area (Å²) in [6.45, 7) is 8.07. The number of benzene rings is 2. The molecular formula is C21H22N2O3S. The first-order valence-corrected chi connectivity index (χ1v) is 9.62. The zero-order valence-corrected chi connectivity index (χ0v) is 16.7. The highest BCUT2D eigenvalue weighted by Crippen LogP contribution is 2.23. The molecule has 0 unspecified atom stereocenters. The molecule has 2 aromatic carbocycles. The zero-order chi connectivity index (χ0) is 19.6. The highest BCUT2D eigenvalue weighted by molar-refractivity contribution is 7.16. The summed E-state index contributed by atoms with van der Waals surface area (Å²) in [5, 5.41) is 0. The second-order valence-electron chi connectivity index (χ2n) is 6.49. The van der Waals surface area contributed by atoms with Gasteiger partial charge >= 0.3 is 5.97 Å². The van der Waals surface area contributed by atoms with Crippen LogP contribution in [0.2, 0.25) is 0 Å². The fraction of sp³-hybridized carbons (Fsp3) is 0.286. The van der Waals surface area contributed by atoms with Crippen LogP contribution in [0.25, 0.3) is 10.2 Å². The van der Waals surface area contributed by atoms with Crippen molar-refractivity contribution in [3.63, 3.8) is 0 Å². The van der Waals surface area contributed by atoms with E-state index in [-0.39, 0.29) is 18.4 Å². The van der Waals surface area contributed by atoms with Crippen LogP contribution in [0.5, 0.6) is 0 Å². The van der Waals surface area contributed by atoms with Crippen molar-refractivity contribution < 1.29 is 14.3 Å². The number of esters is 1. The average Bonchev–Trinajstić information content (AvgIpc) is 2.92. The van der Waals surface area contributed by atoms with Crippen molar-refractivity contribution in [2.45, 2.75) is 34.2 Å². The Hall–Kier alpha value is -2.73. The summed E-state index contributed by atoms with van der Waals surface area (Å²) < 4.78 is 7.88. The van der Waals surface area contributed by atoms with Crippen molar-refractivity contribution in [1.82, 2.24) is 4.57 Å². The molecule has 0 aliphatic rings. The minimum Gasteiger partial charge on any atom is -0.465 e. The molecule has 6 heteroatoms. The summed E-state index contributed by atoms with van der Waals surface area (Å²) in [6, 6.07) is 11.4. The molecule has 0 radical (unpaired) electrons. The van der Waals surface area contributed by atoms with Crippen molar-refractivity contribution in [2.75, 3.05) is 6.61 Å². The maximum Gasteiger partial charge on any atom is 0.326 e. The fourth-order valence-electron chi connectivity index (χ4n) is 3.09. The number of carbonyl (C=O) groups is 2. The molecule has 5 nitrogen and oxygen atoms in total. The molecule has 0 atom stereocenters. The first kappa shape index (κ1) is 19.0. The van der Waals surface area contributed by atoms with E-state index in [1.807, 2.05) is 45.0 Å². The number of hydrogen-bond acceptors (Lipinski definition) is 4. The van der Waals surface area contributed by atoms with Crippen molar-refractivity contribution in [3.05, 3.63) is 63.5 Å². The van der Waals surface area contributed by atoms with Crippen LogP contribution in [0.1, 0.15) is 34.0 Å². The van der Waals surface area contributed by atoms with Crippen LogP contribution in [0.3, 0.4) is 0 Å². The number of carbonyl (C=O) groups excluding carboxylic acids is 2. The van der Waals surface area contributed by atoms with Gasteiger partial charge in [0.05, 0.1) is 16.8 Å². The van der Waals surface area contributed by atoms with Gasteiger partial charge in [-0.3, -0.25) is 9.59 Å². The van der Waals surface area contributed by atoms with E-state index in [1.165, 1.54) is 11.3 Å². The lowest BCUT2D eigenvalue weighted by Crippen LogP contribution is -2.23. The Kier molecular flexibility index (Phi) is 5.56. The maximum absolute atomic E-state index is 12.7. The Morgan fingerprint density at radius 1 is 1.11 bits per heavy atom. The van der Waals surface area contributed by atoms with E-state index in [1.54, 1.807) is 17.6 Å². The van der Waals surface area contributed by atoms with Gasteiger partial charge in [-0.25, -0.2) is 0 Å². The Bertz CT molecular complexity index is 1090. The summed E-state index contributed by atoms with van der Waals surface area (Å²) in [7, 11) is 0. The van der Waals surface area contributed by atoms with Gasteiger partial charge in [0.1, 0.15) is 6.54 Å². The minimum absolute atomic E-state index is 0.0255.